The van der Waals surface area contributed by atoms with Crippen LogP contribution in [0, 0.1) is 0 Å². The summed E-state index contributed by atoms with van der Waals surface area (Å²) >= 11 is 0. The zero-order chi connectivity index (χ0) is 15.2. The molecule has 22 heavy (non-hydrogen) atoms. The average Bonchev–Trinajstić information content (AvgIpc) is 2.61. The molecule has 4 heteroatoms. The molecule has 0 amide bonds. The molecule has 116 valence electrons. The van der Waals surface area contributed by atoms with Gasteiger partial charge in [0, 0.05) is 25.3 Å². The Hall–Kier alpha value is -2.04. The Kier molecular flexibility index (Phi) is 4.93. The Morgan fingerprint density at radius 1 is 1.09 bits per heavy atom. The van der Waals surface area contributed by atoms with Crippen LogP contribution in [0.25, 0.3) is 0 Å². The van der Waals surface area contributed by atoms with Crippen LogP contribution in [0.2, 0.25) is 0 Å². The number of ether oxygens (including phenoxy) is 2. The molecule has 4 nitrogen and oxygen atoms in total. The fourth-order valence-electron chi connectivity index (χ4n) is 2.59. The van der Waals surface area contributed by atoms with Gasteiger partial charge in [-0.15, -0.1) is 0 Å². The van der Waals surface area contributed by atoms with Crippen LogP contribution in [0.4, 0.5) is 5.69 Å². The number of nitrogens with two attached hydrogens (primary N) is 1. The van der Waals surface area contributed by atoms with Gasteiger partial charge in [-0.05, 0) is 29.8 Å². The molecule has 2 aromatic rings. The van der Waals surface area contributed by atoms with E-state index in [1.807, 2.05) is 30.3 Å². The van der Waals surface area contributed by atoms with Crippen LogP contribution in [0.1, 0.15) is 5.56 Å². The van der Waals surface area contributed by atoms with Crippen LogP contribution < -0.4 is 15.4 Å². The van der Waals surface area contributed by atoms with Gasteiger partial charge in [0.1, 0.15) is 12.4 Å². The third-order valence-electron chi connectivity index (χ3n) is 3.85. The van der Waals surface area contributed by atoms with Crippen molar-refractivity contribution in [3.05, 3.63) is 60.2 Å². The van der Waals surface area contributed by atoms with Crippen LogP contribution in [-0.4, -0.2) is 32.3 Å². The first-order valence-electron chi connectivity index (χ1n) is 7.68. The van der Waals surface area contributed by atoms with Crippen molar-refractivity contribution in [3.63, 3.8) is 0 Å². The van der Waals surface area contributed by atoms with Gasteiger partial charge in [0.15, 0.2) is 0 Å². The van der Waals surface area contributed by atoms with Gasteiger partial charge in [-0.1, -0.05) is 30.3 Å². The Labute approximate surface area is 131 Å². The molecule has 2 aromatic carbocycles. The van der Waals surface area contributed by atoms with E-state index in [2.05, 4.69) is 29.2 Å². The largest absolute Gasteiger partial charge is 0.489 e. The molecular formula is C18H22N2O2. The first kappa shape index (κ1) is 14.9. The van der Waals surface area contributed by atoms with Gasteiger partial charge >= 0.3 is 0 Å². The standard InChI is InChI=1S/C18H22N2O2/c19-12-18-13-20(10-11-21-18)16-6-8-17(9-7-16)22-14-15-4-2-1-3-5-15/h1-9,18H,10-14,19H2. The lowest BCUT2D eigenvalue weighted by atomic mass is 10.2. The van der Waals surface area contributed by atoms with E-state index in [1.165, 1.54) is 11.3 Å². The van der Waals surface area contributed by atoms with Crippen LogP contribution in [0.3, 0.4) is 0 Å². The number of hydrogen-bond donors (Lipinski definition) is 1. The molecule has 1 aliphatic rings. The third kappa shape index (κ3) is 3.78. The minimum absolute atomic E-state index is 0.128. The van der Waals surface area contributed by atoms with E-state index in [-0.39, 0.29) is 6.10 Å². The molecule has 1 heterocycles. The number of hydrogen-bond acceptors (Lipinski definition) is 4. The summed E-state index contributed by atoms with van der Waals surface area (Å²) in [5.41, 5.74) is 8.05. The fourth-order valence-corrected chi connectivity index (χ4v) is 2.59. The smallest absolute Gasteiger partial charge is 0.119 e. The van der Waals surface area contributed by atoms with Crippen LogP contribution >= 0.6 is 0 Å². The van der Waals surface area contributed by atoms with Crippen molar-refractivity contribution in [1.29, 1.82) is 0 Å². The Balaban J connectivity index is 1.58. The zero-order valence-corrected chi connectivity index (χ0v) is 12.7. The summed E-state index contributed by atoms with van der Waals surface area (Å²) in [5, 5.41) is 0. The van der Waals surface area contributed by atoms with Gasteiger partial charge in [-0.2, -0.15) is 0 Å². The van der Waals surface area contributed by atoms with Gasteiger partial charge < -0.3 is 20.1 Å². The topological polar surface area (TPSA) is 47.7 Å². The molecule has 1 fully saturated rings. The SMILES string of the molecule is NCC1CN(c2ccc(OCc3ccccc3)cc2)CCO1. The highest BCUT2D eigenvalue weighted by Gasteiger charge is 2.19. The Morgan fingerprint density at radius 2 is 1.86 bits per heavy atom. The number of morpholine rings is 1. The number of rotatable bonds is 5. The van der Waals surface area contributed by atoms with E-state index < -0.39 is 0 Å². The zero-order valence-electron chi connectivity index (χ0n) is 12.7. The molecular weight excluding hydrogens is 276 g/mol. The van der Waals surface area contributed by atoms with Crippen molar-refractivity contribution < 1.29 is 9.47 Å². The van der Waals surface area contributed by atoms with E-state index in [9.17, 15) is 0 Å². The van der Waals surface area contributed by atoms with Crippen molar-refractivity contribution in [2.24, 2.45) is 5.73 Å². The lowest BCUT2D eigenvalue weighted by molar-refractivity contribution is 0.0466. The highest BCUT2D eigenvalue weighted by atomic mass is 16.5. The van der Waals surface area contributed by atoms with Crippen molar-refractivity contribution in [2.75, 3.05) is 31.1 Å². The Bertz CT molecular complexity index is 571. The minimum Gasteiger partial charge on any atom is -0.489 e. The number of benzene rings is 2. The first-order valence-corrected chi connectivity index (χ1v) is 7.68. The molecule has 1 saturated heterocycles. The second-order valence-corrected chi connectivity index (χ2v) is 5.44. The van der Waals surface area contributed by atoms with Gasteiger partial charge in [0.2, 0.25) is 0 Å². The maximum absolute atomic E-state index is 5.81. The molecule has 0 aromatic heterocycles. The summed E-state index contributed by atoms with van der Waals surface area (Å²) in [4.78, 5) is 2.31. The molecule has 2 N–H and O–H groups in total. The molecule has 0 radical (unpaired) electrons. The maximum atomic E-state index is 5.81. The highest BCUT2D eigenvalue weighted by Crippen LogP contribution is 2.22. The molecule has 1 aliphatic heterocycles. The average molecular weight is 298 g/mol. The molecule has 1 atom stereocenters. The molecule has 0 spiro atoms. The van der Waals surface area contributed by atoms with Gasteiger partial charge in [0.25, 0.3) is 0 Å². The van der Waals surface area contributed by atoms with Gasteiger partial charge in [-0.25, -0.2) is 0 Å². The molecule has 0 aliphatic carbocycles. The molecule has 0 saturated carbocycles. The van der Waals surface area contributed by atoms with E-state index >= 15 is 0 Å². The monoisotopic (exact) mass is 298 g/mol. The Morgan fingerprint density at radius 3 is 2.59 bits per heavy atom. The van der Waals surface area contributed by atoms with E-state index in [4.69, 9.17) is 15.2 Å². The second kappa shape index (κ2) is 7.29. The lowest BCUT2D eigenvalue weighted by Gasteiger charge is -2.34. The van der Waals surface area contributed by atoms with Crippen LogP contribution in [0.15, 0.2) is 54.6 Å². The summed E-state index contributed by atoms with van der Waals surface area (Å²) in [5.74, 6) is 0.885. The van der Waals surface area contributed by atoms with Crippen molar-refractivity contribution in [3.8, 4) is 5.75 Å². The summed E-state index contributed by atoms with van der Waals surface area (Å²) < 4.78 is 11.4. The highest BCUT2D eigenvalue weighted by molar-refractivity contribution is 5.49. The van der Waals surface area contributed by atoms with Crippen molar-refractivity contribution in [2.45, 2.75) is 12.7 Å². The van der Waals surface area contributed by atoms with Crippen molar-refractivity contribution >= 4 is 5.69 Å². The van der Waals surface area contributed by atoms with Crippen molar-refractivity contribution in [1.82, 2.24) is 0 Å². The minimum atomic E-state index is 0.128. The predicted octanol–water partition coefficient (Wildman–Crippen LogP) is 2.43. The van der Waals surface area contributed by atoms with Crippen LogP contribution in [-0.2, 0) is 11.3 Å². The van der Waals surface area contributed by atoms with E-state index in [1.54, 1.807) is 0 Å². The summed E-state index contributed by atoms with van der Waals surface area (Å²) in [6.07, 6.45) is 0.128. The van der Waals surface area contributed by atoms with Crippen LogP contribution in [0.5, 0.6) is 5.75 Å². The number of nitrogens with zero attached hydrogens (tertiary/aromatic N) is 1. The first-order chi connectivity index (χ1) is 10.8. The second-order valence-electron chi connectivity index (χ2n) is 5.44. The molecule has 3 rings (SSSR count). The van der Waals surface area contributed by atoms with E-state index in [0.29, 0.717) is 13.2 Å². The summed E-state index contributed by atoms with van der Waals surface area (Å²) in [6.45, 7) is 3.64. The predicted molar refractivity (Wildman–Crippen MR) is 88.2 cm³/mol. The normalized spacial score (nSPS) is 18.2. The quantitative estimate of drug-likeness (QED) is 0.921. The molecule has 1 unspecified atom stereocenters. The van der Waals surface area contributed by atoms with E-state index in [0.717, 1.165) is 25.4 Å². The molecule has 0 bridgehead atoms. The fraction of sp³-hybridized carbons (Fsp3) is 0.333. The summed E-state index contributed by atoms with van der Waals surface area (Å²) in [7, 11) is 0. The van der Waals surface area contributed by atoms with Gasteiger partial charge in [-0.3, -0.25) is 0 Å². The lowest BCUT2D eigenvalue weighted by Crippen LogP contribution is -2.45. The number of anilines is 1. The van der Waals surface area contributed by atoms with Gasteiger partial charge in [0.05, 0.1) is 12.7 Å². The third-order valence-corrected chi connectivity index (χ3v) is 3.85. The summed E-state index contributed by atoms with van der Waals surface area (Å²) in [6, 6.07) is 18.4. The maximum Gasteiger partial charge on any atom is 0.119 e.